The monoisotopic (exact) mass is 376 g/mol. The minimum Gasteiger partial charge on any atom is -0.497 e. The molecular weight excluding hydrogens is 359 g/mol. The van der Waals surface area contributed by atoms with E-state index in [-0.39, 0.29) is 11.7 Å². The van der Waals surface area contributed by atoms with E-state index in [0.29, 0.717) is 34.2 Å². The number of carbonyl (C=O) groups is 1. The van der Waals surface area contributed by atoms with Gasteiger partial charge in [0.05, 0.1) is 7.11 Å². The second-order valence-electron chi connectivity index (χ2n) is 6.17. The normalized spacial score (nSPS) is 10.8. The van der Waals surface area contributed by atoms with Crippen LogP contribution in [0, 0.1) is 5.82 Å². The molecule has 28 heavy (non-hydrogen) atoms. The average molecular weight is 376 g/mol. The van der Waals surface area contributed by atoms with E-state index in [4.69, 9.17) is 4.74 Å². The summed E-state index contributed by atoms with van der Waals surface area (Å²) in [6.45, 7) is 0. The molecule has 2 heterocycles. The summed E-state index contributed by atoms with van der Waals surface area (Å²) >= 11 is 0. The summed E-state index contributed by atoms with van der Waals surface area (Å²) in [5, 5.41) is 0. The topological polar surface area (TPSA) is 59.7 Å². The van der Waals surface area contributed by atoms with Gasteiger partial charge in [-0.3, -0.25) is 9.20 Å². The molecule has 7 heteroatoms. The third-order valence-corrected chi connectivity index (χ3v) is 4.49. The van der Waals surface area contributed by atoms with Gasteiger partial charge in [-0.2, -0.15) is 0 Å². The Balaban J connectivity index is 1.82. The summed E-state index contributed by atoms with van der Waals surface area (Å²) in [7, 11) is 3.28. The van der Waals surface area contributed by atoms with E-state index in [1.54, 1.807) is 73.4 Å². The third kappa shape index (κ3) is 3.07. The Labute approximate surface area is 160 Å². The minimum absolute atomic E-state index is 0.259. The van der Waals surface area contributed by atoms with Crippen molar-refractivity contribution in [2.75, 3.05) is 19.1 Å². The van der Waals surface area contributed by atoms with Gasteiger partial charge >= 0.3 is 0 Å². The van der Waals surface area contributed by atoms with E-state index in [2.05, 4.69) is 9.97 Å². The minimum atomic E-state index is -0.353. The molecule has 0 aliphatic rings. The second kappa shape index (κ2) is 7.11. The molecule has 0 aliphatic heterocycles. The van der Waals surface area contributed by atoms with Crippen molar-refractivity contribution < 1.29 is 13.9 Å². The quantitative estimate of drug-likeness (QED) is 0.543. The highest BCUT2D eigenvalue weighted by molar-refractivity contribution is 6.08. The van der Waals surface area contributed by atoms with E-state index in [0.717, 1.165) is 0 Å². The number of nitrogens with zero attached hydrogens (tertiary/aromatic N) is 4. The molecule has 0 saturated heterocycles. The van der Waals surface area contributed by atoms with E-state index < -0.39 is 0 Å². The summed E-state index contributed by atoms with van der Waals surface area (Å²) < 4.78 is 20.2. The number of hydrogen-bond donors (Lipinski definition) is 0. The molecule has 0 radical (unpaired) electrons. The molecule has 0 unspecified atom stereocenters. The van der Waals surface area contributed by atoms with Crippen LogP contribution >= 0.6 is 0 Å². The summed E-state index contributed by atoms with van der Waals surface area (Å²) in [5.74, 6) is 0.489. The summed E-state index contributed by atoms with van der Waals surface area (Å²) in [6.07, 6.45) is 3.34. The molecule has 6 nitrogen and oxygen atoms in total. The van der Waals surface area contributed by atoms with Gasteiger partial charge < -0.3 is 9.64 Å². The number of halogens is 1. The zero-order valence-electron chi connectivity index (χ0n) is 15.3. The highest BCUT2D eigenvalue weighted by Crippen LogP contribution is 2.27. The first-order valence-electron chi connectivity index (χ1n) is 8.59. The predicted molar refractivity (Wildman–Crippen MR) is 104 cm³/mol. The van der Waals surface area contributed by atoms with Gasteiger partial charge in [-0.05, 0) is 54.6 Å². The summed E-state index contributed by atoms with van der Waals surface area (Å²) in [6, 6.07) is 14.8. The van der Waals surface area contributed by atoms with Crippen LogP contribution in [-0.4, -0.2) is 34.4 Å². The molecule has 0 fully saturated rings. The Hall–Kier alpha value is -3.74. The zero-order chi connectivity index (χ0) is 19.7. The fraction of sp³-hybridized carbons (Fsp3) is 0.0952. The van der Waals surface area contributed by atoms with Gasteiger partial charge in [-0.15, -0.1) is 0 Å². The number of benzene rings is 2. The van der Waals surface area contributed by atoms with Crippen LogP contribution in [0.25, 0.3) is 17.0 Å². The van der Waals surface area contributed by atoms with Crippen LogP contribution in [0.15, 0.2) is 67.0 Å². The van der Waals surface area contributed by atoms with E-state index in [1.807, 2.05) is 0 Å². The lowest BCUT2D eigenvalue weighted by atomic mass is 10.1. The molecule has 0 atom stereocenters. The maximum atomic E-state index is 13.4. The summed E-state index contributed by atoms with van der Waals surface area (Å²) in [5.41, 5.74) is 2.14. The number of imidazole rings is 1. The van der Waals surface area contributed by atoms with Gasteiger partial charge in [0.15, 0.2) is 0 Å². The first-order valence-corrected chi connectivity index (χ1v) is 8.59. The molecule has 0 N–H and O–H groups in total. The average Bonchev–Trinajstić information content (AvgIpc) is 3.12. The number of fused-ring (bicyclic) bond motifs is 1. The Kier molecular flexibility index (Phi) is 4.49. The number of carbonyl (C=O) groups excluding carboxylic acids is 1. The van der Waals surface area contributed by atoms with Gasteiger partial charge in [0, 0.05) is 30.7 Å². The fourth-order valence-electron chi connectivity index (χ4n) is 2.98. The predicted octanol–water partition coefficient (Wildman–Crippen LogP) is 3.82. The van der Waals surface area contributed by atoms with Crippen LogP contribution < -0.4 is 9.64 Å². The largest absolute Gasteiger partial charge is 0.497 e. The Bertz CT molecular complexity index is 1140. The number of methoxy groups -OCH3 is 1. The molecule has 2 aromatic carbocycles. The van der Waals surface area contributed by atoms with E-state index >= 15 is 0 Å². The maximum Gasteiger partial charge on any atom is 0.277 e. The Morgan fingerprint density at radius 1 is 1.11 bits per heavy atom. The third-order valence-electron chi connectivity index (χ3n) is 4.49. The molecule has 1 amide bonds. The Morgan fingerprint density at radius 2 is 1.82 bits per heavy atom. The van der Waals surface area contributed by atoms with Gasteiger partial charge in [0.2, 0.25) is 5.78 Å². The van der Waals surface area contributed by atoms with Crippen LogP contribution in [0.1, 0.15) is 10.5 Å². The van der Waals surface area contributed by atoms with Crippen LogP contribution in [-0.2, 0) is 0 Å². The van der Waals surface area contributed by atoms with Crippen molar-refractivity contribution in [1.82, 2.24) is 14.4 Å². The standard InChI is InChI=1S/C21H17FN4O2/c1-25(16-8-10-17(28-2)11-9-16)20(27)19-18(14-4-6-15(22)7-5-14)24-21-23-12-3-13-26(19)21/h3-13H,1-2H3. The molecule has 4 aromatic rings. The number of rotatable bonds is 4. The molecule has 0 spiro atoms. The van der Waals surface area contributed by atoms with Gasteiger partial charge in [-0.25, -0.2) is 14.4 Å². The molecule has 0 aliphatic carbocycles. The first-order chi connectivity index (χ1) is 13.6. The fourth-order valence-corrected chi connectivity index (χ4v) is 2.98. The molecule has 2 aromatic heterocycles. The van der Waals surface area contributed by atoms with Crippen LogP contribution in [0.5, 0.6) is 5.75 Å². The van der Waals surface area contributed by atoms with Crippen molar-refractivity contribution in [1.29, 1.82) is 0 Å². The molecule has 0 saturated carbocycles. The van der Waals surface area contributed by atoms with Crippen molar-refractivity contribution in [3.63, 3.8) is 0 Å². The highest BCUT2D eigenvalue weighted by Gasteiger charge is 2.24. The second-order valence-corrected chi connectivity index (χ2v) is 6.17. The van der Waals surface area contributed by atoms with Gasteiger partial charge in [0.1, 0.15) is 23.0 Å². The van der Waals surface area contributed by atoms with E-state index in [9.17, 15) is 9.18 Å². The lowest BCUT2D eigenvalue weighted by molar-refractivity contribution is 0.0988. The van der Waals surface area contributed by atoms with Crippen LogP contribution in [0.4, 0.5) is 10.1 Å². The SMILES string of the molecule is COc1ccc(N(C)C(=O)c2c(-c3ccc(F)cc3)nc3ncccn23)cc1. The van der Waals surface area contributed by atoms with Crippen LogP contribution in [0.3, 0.4) is 0 Å². The molecule has 0 bridgehead atoms. The number of ether oxygens (including phenoxy) is 1. The number of aromatic nitrogens is 3. The van der Waals surface area contributed by atoms with Crippen LogP contribution in [0.2, 0.25) is 0 Å². The first kappa shape index (κ1) is 17.7. The van der Waals surface area contributed by atoms with Crippen molar-refractivity contribution in [3.05, 3.63) is 78.5 Å². The van der Waals surface area contributed by atoms with Gasteiger partial charge in [-0.1, -0.05) is 0 Å². The summed E-state index contributed by atoms with van der Waals surface area (Å²) in [4.78, 5) is 23.6. The van der Waals surface area contributed by atoms with E-state index in [1.165, 1.54) is 17.0 Å². The zero-order valence-corrected chi connectivity index (χ0v) is 15.3. The number of amides is 1. The van der Waals surface area contributed by atoms with Crippen molar-refractivity contribution in [2.24, 2.45) is 0 Å². The highest BCUT2D eigenvalue weighted by atomic mass is 19.1. The van der Waals surface area contributed by atoms with Crippen molar-refractivity contribution in [2.45, 2.75) is 0 Å². The Morgan fingerprint density at radius 3 is 2.50 bits per heavy atom. The van der Waals surface area contributed by atoms with Crippen molar-refractivity contribution in [3.8, 4) is 17.0 Å². The number of anilines is 1. The smallest absolute Gasteiger partial charge is 0.277 e. The lowest BCUT2D eigenvalue weighted by Gasteiger charge is -2.18. The maximum absolute atomic E-state index is 13.4. The van der Waals surface area contributed by atoms with Gasteiger partial charge in [0.25, 0.3) is 5.91 Å². The van der Waals surface area contributed by atoms with Crippen molar-refractivity contribution >= 4 is 17.4 Å². The molecule has 140 valence electrons. The lowest BCUT2D eigenvalue weighted by Crippen LogP contribution is -2.28. The molecular formula is C21H17FN4O2. The number of hydrogen-bond acceptors (Lipinski definition) is 4. The molecule has 4 rings (SSSR count).